The van der Waals surface area contributed by atoms with Gasteiger partial charge in [0.1, 0.15) is 0 Å². The lowest BCUT2D eigenvalue weighted by atomic mass is 9.92. The zero-order valence-electron chi connectivity index (χ0n) is 12.8. The van der Waals surface area contributed by atoms with Crippen LogP contribution in [0.2, 0.25) is 5.02 Å². The van der Waals surface area contributed by atoms with Crippen LogP contribution in [0.5, 0.6) is 0 Å². The molecule has 1 aliphatic heterocycles. The topological polar surface area (TPSA) is 57.6 Å². The Balaban J connectivity index is 1.49. The van der Waals surface area contributed by atoms with E-state index in [-0.39, 0.29) is 17.7 Å². The van der Waals surface area contributed by atoms with Crippen LogP contribution >= 0.6 is 23.4 Å². The minimum Gasteiger partial charge on any atom is -0.481 e. The molecule has 0 spiro atoms. The van der Waals surface area contributed by atoms with E-state index in [0.717, 1.165) is 24.2 Å². The highest BCUT2D eigenvalue weighted by Gasteiger charge is 2.46. The third-order valence-electron chi connectivity index (χ3n) is 4.65. The number of benzene rings is 1. The zero-order valence-corrected chi connectivity index (χ0v) is 14.4. The van der Waals surface area contributed by atoms with Crippen LogP contribution in [0.1, 0.15) is 18.4 Å². The van der Waals surface area contributed by atoms with E-state index in [4.69, 9.17) is 11.6 Å². The summed E-state index contributed by atoms with van der Waals surface area (Å²) < 4.78 is 0. The summed E-state index contributed by atoms with van der Waals surface area (Å²) in [6.45, 7) is 0.977. The van der Waals surface area contributed by atoms with Gasteiger partial charge in [-0.05, 0) is 42.4 Å². The van der Waals surface area contributed by atoms with Crippen molar-refractivity contribution in [2.45, 2.75) is 18.6 Å². The number of halogens is 1. The first-order valence-corrected chi connectivity index (χ1v) is 9.40. The average Bonchev–Trinajstić information content (AvgIpc) is 3.25. The van der Waals surface area contributed by atoms with Crippen molar-refractivity contribution in [3.8, 4) is 0 Å². The molecule has 2 fully saturated rings. The molecule has 0 aromatic heterocycles. The summed E-state index contributed by atoms with van der Waals surface area (Å²) in [5, 5.41) is 10.1. The summed E-state index contributed by atoms with van der Waals surface area (Å²) in [5.41, 5.74) is 1.09. The lowest BCUT2D eigenvalue weighted by Crippen LogP contribution is -2.31. The molecule has 0 radical (unpaired) electrons. The second-order valence-electron chi connectivity index (χ2n) is 6.37. The third kappa shape index (κ3) is 4.21. The number of thioether (sulfide) groups is 1. The van der Waals surface area contributed by atoms with Crippen molar-refractivity contribution in [3.63, 3.8) is 0 Å². The highest BCUT2D eigenvalue weighted by molar-refractivity contribution is 7.99. The van der Waals surface area contributed by atoms with Crippen LogP contribution in [0, 0.1) is 17.8 Å². The summed E-state index contributed by atoms with van der Waals surface area (Å²) in [6.07, 6.45) is 2.22. The number of carboxylic acid groups (broad SMARTS) is 1. The Hall–Kier alpha value is -1.20. The first kappa shape index (κ1) is 16.7. The van der Waals surface area contributed by atoms with Gasteiger partial charge in [0.15, 0.2) is 0 Å². The molecule has 1 saturated carbocycles. The number of nitrogens with zero attached hydrogens (tertiary/aromatic N) is 1. The van der Waals surface area contributed by atoms with Crippen LogP contribution < -0.4 is 0 Å². The highest BCUT2D eigenvalue weighted by atomic mass is 35.5. The van der Waals surface area contributed by atoms with Gasteiger partial charge in [0.2, 0.25) is 5.91 Å². The van der Waals surface area contributed by atoms with Crippen LogP contribution in [0.4, 0.5) is 0 Å². The van der Waals surface area contributed by atoms with Crippen molar-refractivity contribution in [2.75, 3.05) is 18.8 Å². The molecule has 1 heterocycles. The van der Waals surface area contributed by atoms with Crippen molar-refractivity contribution in [1.29, 1.82) is 0 Å². The summed E-state index contributed by atoms with van der Waals surface area (Å²) in [5.74, 6) is 0.673. The largest absolute Gasteiger partial charge is 0.481 e. The number of carboxylic acids is 1. The van der Waals surface area contributed by atoms with Crippen LogP contribution in [-0.4, -0.2) is 40.7 Å². The summed E-state index contributed by atoms with van der Waals surface area (Å²) in [4.78, 5) is 25.5. The lowest BCUT2D eigenvalue weighted by molar-refractivity contribution is -0.142. The van der Waals surface area contributed by atoms with Gasteiger partial charge in [0, 0.05) is 23.9 Å². The molecular formula is C17H20ClNO3S. The van der Waals surface area contributed by atoms with Gasteiger partial charge in [-0.15, -0.1) is 11.8 Å². The van der Waals surface area contributed by atoms with E-state index in [1.807, 2.05) is 24.3 Å². The van der Waals surface area contributed by atoms with E-state index < -0.39 is 5.97 Å². The van der Waals surface area contributed by atoms with Crippen molar-refractivity contribution >= 4 is 35.2 Å². The van der Waals surface area contributed by atoms with Gasteiger partial charge in [-0.2, -0.15) is 0 Å². The number of carbonyl (C=O) groups excluding carboxylic acids is 1. The maximum absolute atomic E-state index is 12.3. The molecule has 1 N–H and O–H groups in total. The molecule has 1 amide bonds. The van der Waals surface area contributed by atoms with Crippen molar-refractivity contribution in [3.05, 3.63) is 34.9 Å². The molecule has 2 atom stereocenters. The normalized spacial score (nSPS) is 24.0. The predicted molar refractivity (Wildman–Crippen MR) is 91.5 cm³/mol. The number of aliphatic carboxylic acids is 1. The number of rotatable bonds is 6. The second-order valence-corrected chi connectivity index (χ2v) is 7.79. The number of amides is 1. The van der Waals surface area contributed by atoms with E-state index in [0.29, 0.717) is 29.8 Å². The number of likely N-dealkylation sites (tertiary alicyclic amines) is 1. The van der Waals surface area contributed by atoms with Crippen LogP contribution in [0.15, 0.2) is 24.3 Å². The van der Waals surface area contributed by atoms with E-state index >= 15 is 0 Å². The van der Waals surface area contributed by atoms with Gasteiger partial charge in [-0.1, -0.05) is 23.7 Å². The molecule has 2 aliphatic rings. The maximum atomic E-state index is 12.3. The van der Waals surface area contributed by atoms with E-state index in [1.54, 1.807) is 16.7 Å². The van der Waals surface area contributed by atoms with Gasteiger partial charge < -0.3 is 10.0 Å². The third-order valence-corrected chi connectivity index (χ3v) is 5.87. The zero-order chi connectivity index (χ0) is 16.4. The fraction of sp³-hybridized carbons (Fsp3) is 0.529. The number of carbonyl (C=O) groups is 2. The molecule has 23 heavy (non-hydrogen) atoms. The summed E-state index contributed by atoms with van der Waals surface area (Å²) in [6, 6.07) is 7.62. The molecule has 3 rings (SSSR count). The fourth-order valence-electron chi connectivity index (χ4n) is 3.27. The van der Waals surface area contributed by atoms with Gasteiger partial charge >= 0.3 is 5.97 Å². The molecule has 1 aliphatic carbocycles. The monoisotopic (exact) mass is 353 g/mol. The summed E-state index contributed by atoms with van der Waals surface area (Å²) >= 11 is 7.49. The molecule has 1 aromatic carbocycles. The van der Waals surface area contributed by atoms with E-state index in [9.17, 15) is 14.7 Å². The molecule has 1 saturated heterocycles. The van der Waals surface area contributed by atoms with Crippen LogP contribution in [0.3, 0.4) is 0 Å². The smallest absolute Gasteiger partial charge is 0.308 e. The van der Waals surface area contributed by atoms with Crippen LogP contribution in [0.25, 0.3) is 0 Å². The van der Waals surface area contributed by atoms with E-state index in [1.165, 1.54) is 0 Å². The Bertz CT molecular complexity index is 605. The first-order chi connectivity index (χ1) is 11.0. The quantitative estimate of drug-likeness (QED) is 0.853. The minimum absolute atomic E-state index is 0.0476. The molecule has 1 aromatic rings. The van der Waals surface area contributed by atoms with Gasteiger partial charge in [-0.3, -0.25) is 9.59 Å². The van der Waals surface area contributed by atoms with Gasteiger partial charge in [-0.25, -0.2) is 0 Å². The predicted octanol–water partition coefficient (Wildman–Crippen LogP) is 3.14. The van der Waals surface area contributed by atoms with Crippen molar-refractivity contribution in [2.24, 2.45) is 17.8 Å². The number of hydrogen-bond acceptors (Lipinski definition) is 3. The van der Waals surface area contributed by atoms with Crippen molar-refractivity contribution in [1.82, 2.24) is 4.90 Å². The molecule has 4 nitrogen and oxygen atoms in total. The average molecular weight is 354 g/mol. The molecule has 0 bridgehead atoms. The Morgan fingerprint density at radius 1 is 1.30 bits per heavy atom. The number of hydrogen-bond donors (Lipinski definition) is 1. The Kier molecular flexibility index (Phi) is 5.17. The summed E-state index contributed by atoms with van der Waals surface area (Å²) in [7, 11) is 0. The second kappa shape index (κ2) is 7.14. The van der Waals surface area contributed by atoms with E-state index in [2.05, 4.69) is 0 Å². The molecule has 6 heteroatoms. The molecular weight excluding hydrogens is 334 g/mol. The highest BCUT2D eigenvalue weighted by Crippen LogP contribution is 2.44. The first-order valence-electron chi connectivity index (χ1n) is 7.87. The fourth-order valence-corrected chi connectivity index (χ4v) is 4.36. The van der Waals surface area contributed by atoms with Crippen molar-refractivity contribution < 1.29 is 14.7 Å². The SMILES string of the molecule is O=C(O)[C@H]1CN(C(=O)CSCc2cccc(Cl)c2)C[C@@H]1C1CC1. The van der Waals surface area contributed by atoms with Crippen LogP contribution in [-0.2, 0) is 15.3 Å². The molecule has 124 valence electrons. The Morgan fingerprint density at radius 2 is 2.09 bits per heavy atom. The maximum Gasteiger partial charge on any atom is 0.308 e. The lowest BCUT2D eigenvalue weighted by Gasteiger charge is -2.16. The molecule has 0 unspecified atom stereocenters. The Labute approximate surface area is 145 Å². The standard InChI is InChI=1S/C17H20ClNO3S/c18-13-3-1-2-11(6-13)9-23-10-16(20)19-7-14(12-4-5-12)15(8-19)17(21)22/h1-3,6,12,14-15H,4-5,7-10H2,(H,21,22)/t14-,15+/m1/s1. The van der Waals surface area contributed by atoms with Gasteiger partial charge in [0.25, 0.3) is 0 Å². The minimum atomic E-state index is -0.760. The van der Waals surface area contributed by atoms with Gasteiger partial charge in [0.05, 0.1) is 11.7 Å². The Morgan fingerprint density at radius 3 is 2.74 bits per heavy atom.